The van der Waals surface area contributed by atoms with E-state index in [9.17, 15) is 0 Å². The van der Waals surface area contributed by atoms with E-state index in [2.05, 4.69) is 193 Å². The fourth-order valence-electron chi connectivity index (χ4n) is 7.68. The molecule has 0 N–H and O–H groups in total. The maximum atomic E-state index is 2.42. The van der Waals surface area contributed by atoms with Crippen LogP contribution in [0.3, 0.4) is 0 Å². The van der Waals surface area contributed by atoms with Crippen molar-refractivity contribution < 1.29 is 0 Å². The van der Waals surface area contributed by atoms with E-state index < -0.39 is 0 Å². The van der Waals surface area contributed by atoms with Crippen LogP contribution < -0.4 is 4.90 Å². The summed E-state index contributed by atoms with van der Waals surface area (Å²) in [4.78, 5) is 2.42. The molecule has 0 aliphatic rings. The van der Waals surface area contributed by atoms with Crippen molar-refractivity contribution in [1.82, 2.24) is 0 Å². The molecule has 0 saturated carbocycles. The van der Waals surface area contributed by atoms with Crippen molar-refractivity contribution >= 4 is 80.9 Å². The number of benzene rings is 9. The molecule has 0 atom stereocenters. The van der Waals surface area contributed by atoms with Crippen molar-refractivity contribution in [3.8, 4) is 22.3 Å². The van der Waals surface area contributed by atoms with E-state index in [1.54, 1.807) is 0 Å². The molecule has 1 aromatic heterocycles. The van der Waals surface area contributed by atoms with Gasteiger partial charge >= 0.3 is 0 Å². The van der Waals surface area contributed by atoms with Gasteiger partial charge in [-0.3, -0.25) is 0 Å². The van der Waals surface area contributed by atoms with E-state index in [0.29, 0.717) is 0 Å². The first-order valence-electron chi connectivity index (χ1n) is 17.1. The van der Waals surface area contributed by atoms with E-state index in [1.165, 1.54) is 74.7 Å². The molecule has 234 valence electrons. The Morgan fingerprint density at radius 2 is 0.980 bits per heavy atom. The van der Waals surface area contributed by atoms with Crippen LogP contribution in [0.25, 0.3) is 74.7 Å². The lowest BCUT2D eigenvalue weighted by molar-refractivity contribution is 1.29. The zero-order valence-electron chi connectivity index (χ0n) is 27.3. The Kier molecular flexibility index (Phi) is 6.75. The van der Waals surface area contributed by atoms with Crippen LogP contribution in [0, 0.1) is 0 Å². The van der Waals surface area contributed by atoms with Gasteiger partial charge in [-0.05, 0) is 85.4 Å². The maximum absolute atomic E-state index is 2.42. The minimum Gasteiger partial charge on any atom is -0.310 e. The van der Waals surface area contributed by atoms with Crippen molar-refractivity contribution in [2.24, 2.45) is 0 Å². The Morgan fingerprint density at radius 1 is 0.360 bits per heavy atom. The Morgan fingerprint density at radius 3 is 1.86 bits per heavy atom. The molecule has 0 amide bonds. The zero-order chi connectivity index (χ0) is 33.0. The second-order valence-electron chi connectivity index (χ2n) is 12.9. The number of thiophene rings is 1. The summed E-state index contributed by atoms with van der Waals surface area (Å²) >= 11 is 1.88. The van der Waals surface area contributed by atoms with E-state index in [1.807, 2.05) is 11.3 Å². The lowest BCUT2D eigenvalue weighted by atomic mass is 9.95. The molecular weight excluding hydrogens is 623 g/mol. The minimum absolute atomic E-state index is 1.12. The lowest BCUT2D eigenvalue weighted by Gasteiger charge is -2.28. The fraction of sp³-hybridized carbons (Fsp3) is 0. The van der Waals surface area contributed by atoms with E-state index in [0.717, 1.165) is 17.1 Å². The molecule has 0 spiro atoms. The van der Waals surface area contributed by atoms with E-state index >= 15 is 0 Å². The van der Waals surface area contributed by atoms with E-state index in [4.69, 9.17) is 0 Å². The smallest absolute Gasteiger partial charge is 0.0540 e. The molecular formula is C48H31NS. The zero-order valence-corrected chi connectivity index (χ0v) is 28.1. The van der Waals surface area contributed by atoms with Crippen LogP contribution in [0.5, 0.6) is 0 Å². The molecule has 10 aromatic rings. The molecule has 0 aliphatic carbocycles. The molecule has 10 rings (SSSR count). The quantitative estimate of drug-likeness (QED) is 0.167. The van der Waals surface area contributed by atoms with Crippen molar-refractivity contribution in [3.63, 3.8) is 0 Å². The Balaban J connectivity index is 1.16. The average molecular weight is 654 g/mol. The number of para-hydroxylation sites is 1. The SMILES string of the molecule is c1ccc(-c2ccccc2N(c2ccc(-c3cccc4c3sc3ccccc34)cc2)c2ccc3c(ccc4ccc5ccccc5c43)c2)cc1. The van der Waals surface area contributed by atoms with Crippen LogP contribution >= 0.6 is 11.3 Å². The Labute approximate surface area is 294 Å². The highest BCUT2D eigenvalue weighted by molar-refractivity contribution is 7.26. The summed E-state index contributed by atoms with van der Waals surface area (Å²) in [6.45, 7) is 0. The summed E-state index contributed by atoms with van der Waals surface area (Å²) in [5.74, 6) is 0. The Bertz CT molecular complexity index is 2870. The first kappa shape index (κ1) is 28.8. The highest BCUT2D eigenvalue weighted by Gasteiger charge is 2.19. The highest BCUT2D eigenvalue weighted by atomic mass is 32.1. The van der Waals surface area contributed by atoms with Gasteiger partial charge in [-0.1, -0.05) is 152 Å². The van der Waals surface area contributed by atoms with Gasteiger partial charge < -0.3 is 4.90 Å². The van der Waals surface area contributed by atoms with Crippen LogP contribution in [0.4, 0.5) is 17.1 Å². The second kappa shape index (κ2) is 11.7. The van der Waals surface area contributed by atoms with Crippen LogP contribution in [-0.4, -0.2) is 0 Å². The number of nitrogens with zero attached hydrogens (tertiary/aromatic N) is 1. The van der Waals surface area contributed by atoms with Gasteiger partial charge in [0, 0.05) is 37.1 Å². The molecule has 0 aliphatic heterocycles. The van der Waals surface area contributed by atoms with Gasteiger partial charge in [-0.2, -0.15) is 0 Å². The standard InChI is InChI=1S/C48H31NS/c1-2-11-32(12-3-1)39-14-6-8-19-45(39)49(38-29-30-41-36(31-38)24-23-35-22-21-33-13-4-5-15-40(33)47(35)41)37-27-25-34(26-28-37)42-17-10-18-44-43-16-7-9-20-46(43)50-48(42)44/h1-31H. The van der Waals surface area contributed by atoms with Gasteiger partial charge in [0.2, 0.25) is 0 Å². The molecule has 0 radical (unpaired) electrons. The van der Waals surface area contributed by atoms with Gasteiger partial charge in [-0.25, -0.2) is 0 Å². The average Bonchev–Trinajstić information content (AvgIpc) is 3.58. The second-order valence-corrected chi connectivity index (χ2v) is 14.0. The largest absolute Gasteiger partial charge is 0.310 e. The maximum Gasteiger partial charge on any atom is 0.0540 e. The monoisotopic (exact) mass is 653 g/mol. The van der Waals surface area contributed by atoms with Gasteiger partial charge in [0.25, 0.3) is 0 Å². The first-order chi connectivity index (χ1) is 24.8. The summed E-state index contributed by atoms with van der Waals surface area (Å²) in [7, 11) is 0. The molecule has 0 saturated heterocycles. The van der Waals surface area contributed by atoms with Crippen LogP contribution in [-0.2, 0) is 0 Å². The van der Waals surface area contributed by atoms with Gasteiger partial charge in [0.1, 0.15) is 0 Å². The predicted molar refractivity (Wildman–Crippen MR) is 217 cm³/mol. The van der Waals surface area contributed by atoms with Crippen molar-refractivity contribution in [3.05, 3.63) is 188 Å². The third kappa shape index (κ3) is 4.69. The molecule has 50 heavy (non-hydrogen) atoms. The topological polar surface area (TPSA) is 3.24 Å². The van der Waals surface area contributed by atoms with Crippen LogP contribution in [0.2, 0.25) is 0 Å². The molecule has 0 unspecified atom stereocenters. The summed E-state index contributed by atoms with van der Waals surface area (Å²) in [6.07, 6.45) is 0. The van der Waals surface area contributed by atoms with Gasteiger partial charge in [-0.15, -0.1) is 11.3 Å². The van der Waals surface area contributed by atoms with E-state index in [-0.39, 0.29) is 0 Å². The lowest BCUT2D eigenvalue weighted by Crippen LogP contribution is -2.11. The fourth-order valence-corrected chi connectivity index (χ4v) is 8.92. The van der Waals surface area contributed by atoms with Crippen molar-refractivity contribution in [1.29, 1.82) is 0 Å². The molecule has 0 fully saturated rings. The summed E-state index contributed by atoms with van der Waals surface area (Å²) in [6, 6.07) is 68.7. The van der Waals surface area contributed by atoms with Crippen molar-refractivity contribution in [2.45, 2.75) is 0 Å². The number of anilines is 3. The summed E-state index contributed by atoms with van der Waals surface area (Å²) < 4.78 is 2.66. The number of rotatable bonds is 5. The third-order valence-electron chi connectivity index (χ3n) is 10.0. The van der Waals surface area contributed by atoms with Crippen molar-refractivity contribution in [2.75, 3.05) is 4.90 Å². The number of fused-ring (bicyclic) bond motifs is 8. The normalized spacial score (nSPS) is 11.6. The number of hydrogen-bond donors (Lipinski definition) is 0. The summed E-state index contributed by atoms with van der Waals surface area (Å²) in [5, 5.41) is 10.3. The van der Waals surface area contributed by atoms with Crippen LogP contribution in [0.15, 0.2) is 188 Å². The van der Waals surface area contributed by atoms with Gasteiger partial charge in [0.15, 0.2) is 0 Å². The predicted octanol–water partition coefficient (Wildman–Crippen LogP) is 14.3. The minimum atomic E-state index is 1.12. The molecule has 9 aromatic carbocycles. The number of hydrogen-bond acceptors (Lipinski definition) is 2. The highest BCUT2D eigenvalue weighted by Crippen LogP contribution is 2.44. The Hall–Kier alpha value is -6.22. The first-order valence-corrected chi connectivity index (χ1v) is 17.9. The molecule has 1 nitrogen and oxygen atoms in total. The molecule has 0 bridgehead atoms. The third-order valence-corrected chi connectivity index (χ3v) is 11.3. The van der Waals surface area contributed by atoms with Gasteiger partial charge in [0.05, 0.1) is 5.69 Å². The molecule has 2 heteroatoms. The molecule has 1 heterocycles. The summed E-state index contributed by atoms with van der Waals surface area (Å²) in [5.41, 5.74) is 8.27. The van der Waals surface area contributed by atoms with Crippen LogP contribution in [0.1, 0.15) is 0 Å².